The second-order valence-electron chi connectivity index (χ2n) is 12.4. The topological polar surface area (TPSA) is 104 Å². The van der Waals surface area contributed by atoms with Crippen molar-refractivity contribution in [2.24, 2.45) is 0 Å². The van der Waals surface area contributed by atoms with Gasteiger partial charge in [-0.05, 0) is 43.9 Å². The van der Waals surface area contributed by atoms with Crippen LogP contribution in [-0.2, 0) is 19.9 Å². The number of nitrogens with zero attached hydrogens (tertiary/aromatic N) is 5. The molecule has 0 aliphatic carbocycles. The average Bonchev–Trinajstić information content (AvgIpc) is 3.82. The van der Waals surface area contributed by atoms with Gasteiger partial charge in [0.1, 0.15) is 17.9 Å². The molecule has 1 aromatic heterocycles. The van der Waals surface area contributed by atoms with E-state index in [2.05, 4.69) is 56.0 Å². The van der Waals surface area contributed by atoms with Crippen molar-refractivity contribution in [1.29, 1.82) is 0 Å². The molecular weight excluding hydrogens is 570 g/mol. The lowest BCUT2D eigenvalue weighted by Crippen LogP contribution is -2.49. The number of carbonyl (C=O) groups excluding carboxylic acids is 1. The summed E-state index contributed by atoms with van der Waals surface area (Å²) in [6, 6.07) is 17.2. The van der Waals surface area contributed by atoms with Crippen molar-refractivity contribution in [3.8, 4) is 5.75 Å². The number of hydrogen-bond acceptors (Lipinski definition) is 10. The highest BCUT2D eigenvalue weighted by atomic mass is 16.7. The zero-order chi connectivity index (χ0) is 31.0. The third-order valence-electron chi connectivity index (χ3n) is 9.75. The monoisotopic (exact) mass is 611 g/mol. The summed E-state index contributed by atoms with van der Waals surface area (Å²) < 4.78 is 11.7. The molecule has 45 heavy (non-hydrogen) atoms. The lowest BCUT2D eigenvalue weighted by Gasteiger charge is -2.41. The molecule has 7 rings (SSSR count). The first kappa shape index (κ1) is 29.5. The summed E-state index contributed by atoms with van der Waals surface area (Å²) in [4.78, 5) is 32.7. The van der Waals surface area contributed by atoms with E-state index in [1.807, 2.05) is 41.5 Å². The first-order valence-corrected chi connectivity index (χ1v) is 15.8. The summed E-state index contributed by atoms with van der Waals surface area (Å²) >= 11 is 0. The fourth-order valence-corrected chi connectivity index (χ4v) is 7.32. The van der Waals surface area contributed by atoms with Crippen LogP contribution in [0.15, 0.2) is 67.5 Å². The SMILES string of the molecule is C=CC(=O)Nc1cc(Nc2cc(N3OCC[C@@]3(C)c3ccccc3)ncn2)c(OC)cc1N1CCC(N2C[C@H]3C[C@@H]2CO3)CC1. The third kappa shape index (κ3) is 5.71. The minimum Gasteiger partial charge on any atom is -0.494 e. The number of methoxy groups -OCH3 is 1. The first-order chi connectivity index (χ1) is 21.9. The molecule has 0 radical (unpaired) electrons. The fraction of sp³-hybridized carbons (Fsp3) is 0.441. The van der Waals surface area contributed by atoms with Crippen LogP contribution >= 0.6 is 0 Å². The van der Waals surface area contributed by atoms with Crippen molar-refractivity contribution in [1.82, 2.24) is 14.9 Å². The standard InChI is InChI=1S/C34H41N7O4/c1-4-33(42)38-27-17-28(30(43-3)18-29(27)39-13-10-24(11-14-39)40-20-26-16-25(40)21-44-26)37-31-19-32(36-22-35-31)41-34(2,12-15-45-41)23-8-6-5-7-9-23/h4-9,17-19,22,24-26H,1,10-16,20-21H2,2-3H3,(H,38,42)(H,35,36,37)/t25-,26-,34+/m1/s1. The molecule has 4 saturated heterocycles. The lowest BCUT2D eigenvalue weighted by molar-refractivity contribution is -0.111. The van der Waals surface area contributed by atoms with Gasteiger partial charge in [0, 0.05) is 50.3 Å². The molecule has 2 aromatic carbocycles. The van der Waals surface area contributed by atoms with Crippen LogP contribution in [-0.4, -0.2) is 78.9 Å². The molecule has 0 unspecified atom stereocenters. The van der Waals surface area contributed by atoms with Gasteiger partial charge in [0.15, 0.2) is 5.82 Å². The van der Waals surface area contributed by atoms with Gasteiger partial charge in [-0.15, -0.1) is 0 Å². The Morgan fingerprint density at radius 3 is 2.64 bits per heavy atom. The van der Waals surface area contributed by atoms with E-state index in [9.17, 15) is 4.79 Å². The van der Waals surface area contributed by atoms with Gasteiger partial charge in [0.25, 0.3) is 0 Å². The molecule has 236 valence electrons. The number of morpholine rings is 1. The van der Waals surface area contributed by atoms with Crippen LogP contribution in [0.4, 0.5) is 28.7 Å². The van der Waals surface area contributed by atoms with Crippen LogP contribution < -0.4 is 25.3 Å². The van der Waals surface area contributed by atoms with Crippen molar-refractivity contribution in [3.05, 3.63) is 73.1 Å². The number of aromatic nitrogens is 2. The largest absolute Gasteiger partial charge is 0.494 e. The van der Waals surface area contributed by atoms with E-state index in [1.54, 1.807) is 7.11 Å². The minimum atomic E-state index is -0.371. The number of amides is 1. The van der Waals surface area contributed by atoms with Crippen molar-refractivity contribution >= 4 is 34.6 Å². The number of anilines is 5. The Labute approximate surface area is 264 Å². The zero-order valence-electron chi connectivity index (χ0n) is 25.9. The first-order valence-electron chi connectivity index (χ1n) is 15.8. The van der Waals surface area contributed by atoms with Gasteiger partial charge in [-0.2, -0.15) is 0 Å². The number of carbonyl (C=O) groups is 1. The summed E-state index contributed by atoms with van der Waals surface area (Å²) in [5, 5.41) is 8.30. The van der Waals surface area contributed by atoms with Gasteiger partial charge >= 0.3 is 0 Å². The van der Waals surface area contributed by atoms with Crippen LogP contribution in [0, 0.1) is 0 Å². The van der Waals surface area contributed by atoms with Gasteiger partial charge in [-0.1, -0.05) is 36.9 Å². The highest BCUT2D eigenvalue weighted by Crippen LogP contribution is 2.42. The van der Waals surface area contributed by atoms with Gasteiger partial charge in [-0.25, -0.2) is 15.0 Å². The number of hydrogen-bond donors (Lipinski definition) is 2. The molecule has 3 aromatic rings. The van der Waals surface area contributed by atoms with Gasteiger partial charge in [-0.3, -0.25) is 14.5 Å². The molecule has 2 bridgehead atoms. The highest BCUT2D eigenvalue weighted by Gasteiger charge is 2.43. The number of rotatable bonds is 9. The Kier molecular flexibility index (Phi) is 8.07. The second kappa shape index (κ2) is 12.3. The van der Waals surface area contributed by atoms with E-state index in [0.29, 0.717) is 53.6 Å². The Hall–Kier alpha value is -4.19. The molecule has 0 spiro atoms. The highest BCUT2D eigenvalue weighted by molar-refractivity contribution is 6.02. The summed E-state index contributed by atoms with van der Waals surface area (Å²) in [5.41, 5.74) is 3.06. The Morgan fingerprint density at radius 2 is 1.93 bits per heavy atom. The predicted octanol–water partition coefficient (Wildman–Crippen LogP) is 4.85. The molecule has 3 atom stereocenters. The van der Waals surface area contributed by atoms with Gasteiger partial charge in [0.2, 0.25) is 5.91 Å². The number of fused-ring (bicyclic) bond motifs is 2. The molecule has 11 heteroatoms. The van der Waals surface area contributed by atoms with E-state index in [1.165, 1.54) is 12.4 Å². The van der Waals surface area contributed by atoms with Crippen molar-refractivity contribution in [2.75, 3.05) is 60.6 Å². The van der Waals surface area contributed by atoms with E-state index in [-0.39, 0.29) is 11.4 Å². The maximum atomic E-state index is 12.6. The molecule has 0 saturated carbocycles. The smallest absolute Gasteiger partial charge is 0.247 e. The van der Waals surface area contributed by atoms with Crippen molar-refractivity contribution < 1.29 is 19.1 Å². The van der Waals surface area contributed by atoms with E-state index >= 15 is 0 Å². The van der Waals surface area contributed by atoms with Crippen LogP contribution in [0.2, 0.25) is 0 Å². The number of likely N-dealkylation sites (tertiary alicyclic amines) is 1. The van der Waals surface area contributed by atoms with E-state index < -0.39 is 0 Å². The van der Waals surface area contributed by atoms with E-state index in [4.69, 9.17) is 14.3 Å². The summed E-state index contributed by atoms with van der Waals surface area (Å²) in [6.07, 6.45) is 7.32. The van der Waals surface area contributed by atoms with Crippen LogP contribution in [0.25, 0.3) is 0 Å². The summed E-state index contributed by atoms with van der Waals surface area (Å²) in [7, 11) is 1.65. The maximum Gasteiger partial charge on any atom is 0.247 e. The molecule has 11 nitrogen and oxygen atoms in total. The van der Waals surface area contributed by atoms with Gasteiger partial charge in [0.05, 0.1) is 49.0 Å². The maximum absolute atomic E-state index is 12.6. The molecule has 4 fully saturated rings. The lowest BCUT2D eigenvalue weighted by atomic mass is 9.89. The number of piperidine rings is 1. The normalized spacial score (nSPS) is 25.0. The molecule has 2 N–H and O–H groups in total. The third-order valence-corrected chi connectivity index (χ3v) is 9.75. The minimum absolute atomic E-state index is 0.272. The van der Waals surface area contributed by atoms with Crippen LogP contribution in [0.5, 0.6) is 5.75 Å². The average molecular weight is 612 g/mol. The number of nitrogens with one attached hydrogen (secondary N) is 2. The molecule has 4 aliphatic rings. The molecular formula is C34H41N7O4. The van der Waals surface area contributed by atoms with Crippen molar-refractivity contribution in [3.63, 3.8) is 0 Å². The molecule has 4 aliphatic heterocycles. The van der Waals surface area contributed by atoms with Crippen LogP contribution in [0.1, 0.15) is 38.2 Å². The zero-order valence-corrected chi connectivity index (χ0v) is 25.9. The Balaban J connectivity index is 1.13. The molecule has 1 amide bonds. The van der Waals surface area contributed by atoms with Crippen molar-refractivity contribution in [2.45, 2.75) is 56.3 Å². The van der Waals surface area contributed by atoms with Crippen LogP contribution in [0.3, 0.4) is 0 Å². The second-order valence-corrected chi connectivity index (χ2v) is 12.4. The fourth-order valence-electron chi connectivity index (χ4n) is 7.32. The Bertz CT molecular complexity index is 1550. The van der Waals surface area contributed by atoms with Gasteiger partial charge < -0.3 is 25.0 Å². The predicted molar refractivity (Wildman–Crippen MR) is 174 cm³/mol. The Morgan fingerprint density at radius 1 is 1.11 bits per heavy atom. The summed E-state index contributed by atoms with van der Waals surface area (Å²) in [6.45, 7) is 10.1. The number of benzene rings is 2. The summed E-state index contributed by atoms with van der Waals surface area (Å²) in [5.74, 6) is 1.59. The number of hydroxylamine groups is 1. The molecule has 5 heterocycles. The quantitative estimate of drug-likeness (QED) is 0.326. The van der Waals surface area contributed by atoms with E-state index in [0.717, 1.165) is 63.2 Å². The number of ether oxygens (including phenoxy) is 2.